The summed E-state index contributed by atoms with van der Waals surface area (Å²) in [5, 5.41) is 11.0. The van der Waals surface area contributed by atoms with Crippen LogP contribution in [0.3, 0.4) is 0 Å². The van der Waals surface area contributed by atoms with E-state index >= 15 is 0 Å². The molecule has 2 rings (SSSR count). The van der Waals surface area contributed by atoms with Crippen LogP contribution in [-0.4, -0.2) is 55.1 Å². The molecule has 1 fully saturated rings. The minimum atomic E-state index is -0.445. The van der Waals surface area contributed by atoms with E-state index in [4.69, 9.17) is 10.5 Å². The third-order valence-corrected chi connectivity index (χ3v) is 3.56. The highest BCUT2D eigenvalue weighted by Crippen LogP contribution is 2.32. The van der Waals surface area contributed by atoms with Gasteiger partial charge in [-0.1, -0.05) is 0 Å². The zero-order chi connectivity index (χ0) is 16.1. The van der Waals surface area contributed by atoms with Crippen LogP contribution in [0.4, 0.5) is 11.4 Å². The monoisotopic (exact) mass is 308 g/mol. The normalized spacial score (nSPS) is 15.6. The number of carbonyl (C=O) groups is 1. The molecule has 1 aliphatic heterocycles. The number of carbonyl (C=O) groups excluding carboxylic acids is 1. The highest BCUT2D eigenvalue weighted by atomic mass is 16.6. The molecular formula is C14H20N4O4. The van der Waals surface area contributed by atoms with Crippen LogP contribution in [0.2, 0.25) is 0 Å². The van der Waals surface area contributed by atoms with Gasteiger partial charge in [-0.05, 0) is 13.0 Å². The molecule has 1 aliphatic rings. The summed E-state index contributed by atoms with van der Waals surface area (Å²) in [6.45, 7) is 5.34. The Morgan fingerprint density at radius 3 is 2.59 bits per heavy atom. The Hall–Kier alpha value is -2.35. The molecule has 1 amide bonds. The fraction of sp³-hybridized carbons (Fsp3) is 0.500. The highest BCUT2D eigenvalue weighted by molar-refractivity contribution is 5.76. The smallest absolute Gasteiger partial charge is 0.311 e. The Kier molecular flexibility index (Phi) is 5.16. The van der Waals surface area contributed by atoms with E-state index in [0.717, 1.165) is 31.9 Å². The first-order chi connectivity index (χ1) is 10.5. The largest absolute Gasteiger partial charge is 0.487 e. The van der Waals surface area contributed by atoms with Crippen molar-refractivity contribution in [2.75, 3.05) is 44.2 Å². The van der Waals surface area contributed by atoms with Gasteiger partial charge in [-0.2, -0.15) is 0 Å². The van der Waals surface area contributed by atoms with Crippen molar-refractivity contribution in [2.45, 2.75) is 6.92 Å². The van der Waals surface area contributed by atoms with E-state index in [2.05, 4.69) is 4.90 Å². The molecule has 120 valence electrons. The van der Waals surface area contributed by atoms with Gasteiger partial charge in [0.05, 0.1) is 18.1 Å². The van der Waals surface area contributed by atoms with E-state index in [1.807, 2.05) is 4.90 Å². The molecule has 2 N–H and O–H groups in total. The van der Waals surface area contributed by atoms with Crippen LogP contribution >= 0.6 is 0 Å². The Labute approximate surface area is 128 Å². The number of piperazine rings is 1. The Morgan fingerprint density at radius 2 is 2.05 bits per heavy atom. The standard InChI is InChI=1S/C14H20N4O4/c1-2-22-13-9-11(3-4-12(13)18(20)21)17-7-5-16(6-8-17)10-14(15)19/h3-4,9H,2,5-8,10H2,1H3,(H2,15,19). The molecule has 1 saturated heterocycles. The van der Waals surface area contributed by atoms with Gasteiger partial charge in [-0.3, -0.25) is 19.8 Å². The third-order valence-electron chi connectivity index (χ3n) is 3.56. The van der Waals surface area contributed by atoms with Crippen LogP contribution in [0.1, 0.15) is 6.92 Å². The molecule has 0 bridgehead atoms. The van der Waals surface area contributed by atoms with Gasteiger partial charge < -0.3 is 15.4 Å². The third kappa shape index (κ3) is 3.85. The lowest BCUT2D eigenvalue weighted by molar-refractivity contribution is -0.385. The Morgan fingerprint density at radius 1 is 1.36 bits per heavy atom. The SMILES string of the molecule is CCOc1cc(N2CCN(CC(N)=O)CC2)ccc1[N+](=O)[O-]. The molecular weight excluding hydrogens is 288 g/mol. The molecule has 0 unspecified atom stereocenters. The minimum absolute atomic E-state index is 0.0297. The average Bonchev–Trinajstić information content (AvgIpc) is 2.47. The number of primary amides is 1. The topological polar surface area (TPSA) is 102 Å². The second-order valence-corrected chi connectivity index (χ2v) is 5.07. The predicted octanol–water partition coefficient (Wildman–Crippen LogP) is 0.601. The van der Waals surface area contributed by atoms with E-state index in [-0.39, 0.29) is 23.9 Å². The Balaban J connectivity index is 2.08. The lowest BCUT2D eigenvalue weighted by Gasteiger charge is -2.35. The van der Waals surface area contributed by atoms with Crippen molar-refractivity contribution in [3.05, 3.63) is 28.3 Å². The summed E-state index contributed by atoms with van der Waals surface area (Å²) >= 11 is 0. The van der Waals surface area contributed by atoms with Gasteiger partial charge in [-0.25, -0.2) is 0 Å². The molecule has 22 heavy (non-hydrogen) atoms. The number of hydrogen-bond acceptors (Lipinski definition) is 6. The molecule has 1 aromatic carbocycles. The number of rotatable bonds is 6. The Bertz CT molecular complexity index is 556. The van der Waals surface area contributed by atoms with Crippen molar-refractivity contribution in [1.29, 1.82) is 0 Å². The van der Waals surface area contributed by atoms with Crippen LogP contribution < -0.4 is 15.4 Å². The van der Waals surface area contributed by atoms with Gasteiger partial charge in [0, 0.05) is 44.0 Å². The summed E-state index contributed by atoms with van der Waals surface area (Å²) in [6, 6.07) is 4.89. The maximum Gasteiger partial charge on any atom is 0.311 e. The summed E-state index contributed by atoms with van der Waals surface area (Å²) in [5.74, 6) is -0.0491. The molecule has 0 spiro atoms. The molecule has 0 aliphatic carbocycles. The van der Waals surface area contributed by atoms with Gasteiger partial charge in [0.2, 0.25) is 5.91 Å². The zero-order valence-corrected chi connectivity index (χ0v) is 12.5. The molecule has 0 saturated carbocycles. The van der Waals surface area contributed by atoms with Crippen molar-refractivity contribution in [1.82, 2.24) is 4.90 Å². The van der Waals surface area contributed by atoms with Gasteiger partial charge in [0.25, 0.3) is 0 Å². The molecule has 8 heteroatoms. The van der Waals surface area contributed by atoms with Crippen LogP contribution in [0.5, 0.6) is 5.75 Å². The lowest BCUT2D eigenvalue weighted by atomic mass is 10.2. The number of nitrogens with two attached hydrogens (primary N) is 1. The van der Waals surface area contributed by atoms with Gasteiger partial charge in [-0.15, -0.1) is 0 Å². The lowest BCUT2D eigenvalue weighted by Crippen LogP contribution is -2.48. The van der Waals surface area contributed by atoms with Gasteiger partial charge >= 0.3 is 5.69 Å². The molecule has 0 radical (unpaired) electrons. The quantitative estimate of drug-likeness (QED) is 0.610. The van der Waals surface area contributed by atoms with Crippen LogP contribution in [0.25, 0.3) is 0 Å². The summed E-state index contributed by atoms with van der Waals surface area (Å²) in [4.78, 5) is 25.6. The number of ether oxygens (including phenoxy) is 1. The van der Waals surface area contributed by atoms with E-state index in [0.29, 0.717) is 6.61 Å². The maximum absolute atomic E-state index is 11.0. The summed E-state index contributed by atoms with van der Waals surface area (Å²) in [5.41, 5.74) is 6.05. The number of nitro benzene ring substituents is 1. The van der Waals surface area contributed by atoms with Crippen molar-refractivity contribution in [3.63, 3.8) is 0 Å². The number of hydrogen-bond donors (Lipinski definition) is 1. The van der Waals surface area contributed by atoms with Crippen LogP contribution in [-0.2, 0) is 4.79 Å². The second-order valence-electron chi connectivity index (χ2n) is 5.07. The second kappa shape index (κ2) is 7.08. The first kappa shape index (κ1) is 16.0. The molecule has 8 nitrogen and oxygen atoms in total. The van der Waals surface area contributed by atoms with E-state index in [9.17, 15) is 14.9 Å². The fourth-order valence-corrected chi connectivity index (χ4v) is 2.51. The number of nitrogens with zero attached hydrogens (tertiary/aromatic N) is 3. The number of amides is 1. The van der Waals surface area contributed by atoms with Gasteiger partial charge in [0.1, 0.15) is 0 Å². The highest BCUT2D eigenvalue weighted by Gasteiger charge is 2.21. The first-order valence-electron chi connectivity index (χ1n) is 7.18. The zero-order valence-electron chi connectivity index (χ0n) is 12.5. The van der Waals surface area contributed by atoms with E-state index < -0.39 is 4.92 Å². The number of nitro groups is 1. The van der Waals surface area contributed by atoms with Crippen molar-refractivity contribution in [2.24, 2.45) is 5.73 Å². The van der Waals surface area contributed by atoms with Crippen molar-refractivity contribution >= 4 is 17.3 Å². The fourth-order valence-electron chi connectivity index (χ4n) is 2.51. The van der Waals surface area contributed by atoms with E-state index in [1.165, 1.54) is 6.07 Å². The number of anilines is 1. The van der Waals surface area contributed by atoms with E-state index in [1.54, 1.807) is 19.1 Å². The number of benzene rings is 1. The predicted molar refractivity (Wildman–Crippen MR) is 82.1 cm³/mol. The van der Waals surface area contributed by atoms with Crippen LogP contribution in [0, 0.1) is 10.1 Å². The molecule has 0 atom stereocenters. The van der Waals surface area contributed by atoms with Crippen molar-refractivity contribution in [3.8, 4) is 5.75 Å². The molecule has 0 aromatic heterocycles. The minimum Gasteiger partial charge on any atom is -0.487 e. The molecule has 1 heterocycles. The maximum atomic E-state index is 11.0. The summed E-state index contributed by atoms with van der Waals surface area (Å²) in [6.07, 6.45) is 0. The average molecular weight is 308 g/mol. The summed E-state index contributed by atoms with van der Waals surface area (Å²) < 4.78 is 5.36. The van der Waals surface area contributed by atoms with Crippen LogP contribution in [0.15, 0.2) is 18.2 Å². The van der Waals surface area contributed by atoms with Crippen molar-refractivity contribution < 1.29 is 14.5 Å². The molecule has 1 aromatic rings. The van der Waals surface area contributed by atoms with Gasteiger partial charge in [0.15, 0.2) is 5.75 Å². The summed E-state index contributed by atoms with van der Waals surface area (Å²) in [7, 11) is 0. The first-order valence-corrected chi connectivity index (χ1v) is 7.18.